The molecule has 2 aromatic carbocycles. The summed E-state index contributed by atoms with van der Waals surface area (Å²) in [6.45, 7) is 3.97. The van der Waals surface area contributed by atoms with Gasteiger partial charge >= 0.3 is 6.09 Å². The van der Waals surface area contributed by atoms with Gasteiger partial charge in [-0.3, -0.25) is 10.1 Å². The number of hydrogen-bond acceptors (Lipinski definition) is 3. The van der Waals surface area contributed by atoms with Crippen molar-refractivity contribution >= 4 is 33.6 Å². The second-order valence-corrected chi connectivity index (χ2v) is 5.99. The van der Waals surface area contributed by atoms with Crippen molar-refractivity contribution in [3.05, 3.63) is 64.1 Å². The van der Waals surface area contributed by atoms with Crippen LogP contribution in [0.5, 0.6) is 0 Å². The average Bonchev–Trinajstić information content (AvgIpc) is 2.56. The maximum Gasteiger partial charge on any atom is 0.411 e. The number of ether oxygens (including phenoxy) is 1. The fraction of sp³-hybridized carbons (Fsp3) is 0.222. The second-order valence-electron chi connectivity index (χ2n) is 5.14. The highest BCUT2D eigenvalue weighted by Crippen LogP contribution is 2.23. The van der Waals surface area contributed by atoms with Crippen molar-refractivity contribution in [2.24, 2.45) is 0 Å². The molecule has 5 nitrogen and oxygen atoms in total. The van der Waals surface area contributed by atoms with Crippen LogP contribution in [0.25, 0.3) is 0 Å². The molecule has 2 amide bonds. The van der Waals surface area contributed by atoms with Crippen LogP contribution in [0.15, 0.2) is 53.0 Å². The summed E-state index contributed by atoms with van der Waals surface area (Å²) in [4.78, 5) is 23.7. The first-order valence-corrected chi connectivity index (χ1v) is 8.39. The van der Waals surface area contributed by atoms with Crippen molar-refractivity contribution in [3.63, 3.8) is 0 Å². The molecule has 0 fully saturated rings. The zero-order valence-corrected chi connectivity index (χ0v) is 15.1. The van der Waals surface area contributed by atoms with Crippen molar-refractivity contribution in [1.82, 2.24) is 5.32 Å². The van der Waals surface area contributed by atoms with Crippen LogP contribution < -0.4 is 10.6 Å². The van der Waals surface area contributed by atoms with Crippen LogP contribution in [0.3, 0.4) is 0 Å². The van der Waals surface area contributed by atoms with Gasteiger partial charge in [0.05, 0.1) is 12.6 Å². The van der Waals surface area contributed by atoms with Gasteiger partial charge in [-0.15, -0.1) is 0 Å². The lowest BCUT2D eigenvalue weighted by molar-refractivity contribution is 0.0939. The summed E-state index contributed by atoms with van der Waals surface area (Å²) in [7, 11) is 0. The summed E-state index contributed by atoms with van der Waals surface area (Å²) in [6.07, 6.45) is -0.516. The number of anilines is 1. The molecule has 0 aliphatic carbocycles. The van der Waals surface area contributed by atoms with Crippen molar-refractivity contribution < 1.29 is 14.3 Å². The minimum absolute atomic E-state index is 0.134. The highest BCUT2D eigenvalue weighted by atomic mass is 79.9. The van der Waals surface area contributed by atoms with E-state index in [1.54, 1.807) is 31.2 Å². The lowest BCUT2D eigenvalue weighted by atomic mass is 10.1. The zero-order chi connectivity index (χ0) is 17.5. The maximum absolute atomic E-state index is 12.3. The maximum atomic E-state index is 12.3. The van der Waals surface area contributed by atoms with Gasteiger partial charge in [0, 0.05) is 15.7 Å². The predicted molar refractivity (Wildman–Crippen MR) is 97.1 cm³/mol. The van der Waals surface area contributed by atoms with Crippen molar-refractivity contribution in [3.8, 4) is 0 Å². The summed E-state index contributed by atoms with van der Waals surface area (Å²) in [5, 5.41) is 5.54. The fourth-order valence-corrected chi connectivity index (χ4v) is 2.80. The quantitative estimate of drug-likeness (QED) is 0.788. The third kappa shape index (κ3) is 4.83. The van der Waals surface area contributed by atoms with E-state index in [4.69, 9.17) is 4.74 Å². The average molecular weight is 391 g/mol. The van der Waals surface area contributed by atoms with Crippen LogP contribution in [0, 0.1) is 0 Å². The first-order chi connectivity index (χ1) is 11.5. The Morgan fingerprint density at radius 3 is 2.42 bits per heavy atom. The molecule has 24 heavy (non-hydrogen) atoms. The Balaban J connectivity index is 2.00. The zero-order valence-electron chi connectivity index (χ0n) is 13.5. The molecular formula is C18H19BrN2O3. The van der Waals surface area contributed by atoms with Crippen LogP contribution >= 0.6 is 15.9 Å². The number of halogens is 1. The number of hydrogen-bond donors (Lipinski definition) is 2. The van der Waals surface area contributed by atoms with Gasteiger partial charge in [0.15, 0.2) is 0 Å². The molecule has 0 heterocycles. The molecule has 0 saturated carbocycles. The van der Waals surface area contributed by atoms with Gasteiger partial charge in [-0.2, -0.15) is 0 Å². The Hall–Kier alpha value is -2.34. The van der Waals surface area contributed by atoms with Crippen LogP contribution in [0.4, 0.5) is 10.5 Å². The number of rotatable bonds is 5. The van der Waals surface area contributed by atoms with E-state index in [0.29, 0.717) is 17.9 Å². The van der Waals surface area contributed by atoms with Gasteiger partial charge in [0.25, 0.3) is 5.91 Å². The summed E-state index contributed by atoms with van der Waals surface area (Å²) in [5.74, 6) is -0.180. The summed E-state index contributed by atoms with van der Waals surface area (Å²) >= 11 is 3.48. The molecule has 0 saturated heterocycles. The Morgan fingerprint density at radius 2 is 1.79 bits per heavy atom. The third-order valence-corrected chi connectivity index (χ3v) is 4.11. The molecule has 2 N–H and O–H groups in total. The summed E-state index contributed by atoms with van der Waals surface area (Å²) in [6, 6.07) is 14.3. The Labute approximate surface area is 149 Å². The molecular weight excluding hydrogens is 372 g/mol. The fourth-order valence-electron chi connectivity index (χ4n) is 2.17. The predicted octanol–water partition coefficient (Wildman–Crippen LogP) is 4.51. The molecule has 0 spiro atoms. The molecule has 2 rings (SSSR count). The van der Waals surface area contributed by atoms with E-state index >= 15 is 0 Å². The molecule has 0 aromatic heterocycles. The number of benzene rings is 2. The van der Waals surface area contributed by atoms with E-state index in [1.165, 1.54) is 0 Å². The first kappa shape index (κ1) is 18.0. The molecule has 2 aromatic rings. The SMILES string of the molecule is CCOC(=O)Nc1ccc(C(=O)N[C@@H](C)c2ccccc2Br)cc1. The van der Waals surface area contributed by atoms with Crippen molar-refractivity contribution in [2.45, 2.75) is 19.9 Å². The number of nitrogens with one attached hydrogen (secondary N) is 2. The first-order valence-electron chi connectivity index (χ1n) is 7.60. The van der Waals surface area contributed by atoms with E-state index in [0.717, 1.165) is 10.0 Å². The summed E-state index contributed by atoms with van der Waals surface area (Å²) < 4.78 is 5.75. The minimum atomic E-state index is -0.516. The van der Waals surface area contributed by atoms with Crippen LogP contribution in [-0.4, -0.2) is 18.6 Å². The van der Waals surface area contributed by atoms with Gasteiger partial charge in [-0.25, -0.2) is 4.79 Å². The Morgan fingerprint density at radius 1 is 1.12 bits per heavy atom. The molecule has 6 heteroatoms. The van der Waals surface area contributed by atoms with Gasteiger partial charge in [-0.05, 0) is 49.7 Å². The van der Waals surface area contributed by atoms with Gasteiger partial charge in [-0.1, -0.05) is 34.1 Å². The van der Waals surface area contributed by atoms with E-state index in [-0.39, 0.29) is 11.9 Å². The Kier molecular flexibility index (Phi) is 6.37. The van der Waals surface area contributed by atoms with Crippen LogP contribution in [0.1, 0.15) is 35.8 Å². The van der Waals surface area contributed by atoms with Crippen molar-refractivity contribution in [2.75, 3.05) is 11.9 Å². The number of carbonyl (C=O) groups excluding carboxylic acids is 2. The van der Waals surface area contributed by atoms with E-state index in [1.807, 2.05) is 31.2 Å². The van der Waals surface area contributed by atoms with Gasteiger partial charge in [0.1, 0.15) is 0 Å². The number of carbonyl (C=O) groups is 2. The number of amides is 2. The highest BCUT2D eigenvalue weighted by Gasteiger charge is 2.13. The highest BCUT2D eigenvalue weighted by molar-refractivity contribution is 9.10. The minimum Gasteiger partial charge on any atom is -0.450 e. The molecule has 0 radical (unpaired) electrons. The standard InChI is InChI=1S/C18H19BrN2O3/c1-3-24-18(23)21-14-10-8-13(9-11-14)17(22)20-12(2)15-6-4-5-7-16(15)19/h4-12H,3H2,1-2H3,(H,20,22)(H,21,23)/t12-/m0/s1. The second kappa shape index (κ2) is 8.49. The topological polar surface area (TPSA) is 67.4 Å². The van der Waals surface area contributed by atoms with Gasteiger partial charge < -0.3 is 10.1 Å². The molecule has 126 valence electrons. The molecule has 0 bridgehead atoms. The largest absolute Gasteiger partial charge is 0.450 e. The van der Waals surface area contributed by atoms with E-state index < -0.39 is 6.09 Å². The summed E-state index contributed by atoms with van der Waals surface area (Å²) in [5.41, 5.74) is 2.10. The van der Waals surface area contributed by atoms with E-state index in [2.05, 4.69) is 26.6 Å². The third-order valence-electron chi connectivity index (χ3n) is 3.39. The smallest absolute Gasteiger partial charge is 0.411 e. The normalized spacial score (nSPS) is 11.5. The lowest BCUT2D eigenvalue weighted by Gasteiger charge is -2.16. The molecule has 1 atom stereocenters. The van der Waals surface area contributed by atoms with Crippen LogP contribution in [0.2, 0.25) is 0 Å². The lowest BCUT2D eigenvalue weighted by Crippen LogP contribution is -2.26. The van der Waals surface area contributed by atoms with E-state index in [9.17, 15) is 9.59 Å². The molecule has 0 unspecified atom stereocenters. The van der Waals surface area contributed by atoms with Gasteiger partial charge in [0.2, 0.25) is 0 Å². The molecule has 0 aliphatic heterocycles. The van der Waals surface area contributed by atoms with Crippen LogP contribution in [-0.2, 0) is 4.74 Å². The Bertz CT molecular complexity index is 716. The van der Waals surface area contributed by atoms with Crippen molar-refractivity contribution in [1.29, 1.82) is 0 Å². The monoisotopic (exact) mass is 390 g/mol. The molecule has 0 aliphatic rings.